The molecule has 0 heterocycles. The molecule has 2 aliphatic carbocycles. The first-order valence-electron chi connectivity index (χ1n) is 3.79. The van der Waals surface area contributed by atoms with Crippen molar-refractivity contribution in [1.29, 1.82) is 0 Å². The van der Waals surface area contributed by atoms with Gasteiger partial charge in [0.2, 0.25) is 6.04 Å². The minimum Gasteiger partial charge on any atom is -0.300 e. The first kappa shape index (κ1) is 6.76. The maximum Gasteiger partial charge on any atom is 0.219 e. The standard InChI is InChI=1S/C7H9NO3/c9-5-3-7(4-5)2-1-6(7)8(10)11/h6H,1-4H2. The average Bonchev–Trinajstić information content (AvgIpc) is 1.76. The van der Waals surface area contributed by atoms with Crippen LogP contribution in [0.15, 0.2) is 0 Å². The highest BCUT2D eigenvalue weighted by atomic mass is 16.6. The molecule has 0 N–H and O–H groups in total. The van der Waals surface area contributed by atoms with Gasteiger partial charge in [-0.2, -0.15) is 0 Å². The van der Waals surface area contributed by atoms with Crippen LogP contribution in [-0.2, 0) is 4.79 Å². The van der Waals surface area contributed by atoms with E-state index in [1.165, 1.54) is 0 Å². The fourth-order valence-electron chi connectivity index (χ4n) is 2.16. The fourth-order valence-corrected chi connectivity index (χ4v) is 2.16. The number of carbonyl (C=O) groups excluding carboxylic acids is 1. The number of nitro groups is 1. The van der Waals surface area contributed by atoms with Crippen LogP contribution in [-0.4, -0.2) is 16.7 Å². The highest BCUT2D eigenvalue weighted by Crippen LogP contribution is 2.55. The zero-order valence-electron chi connectivity index (χ0n) is 6.08. The Kier molecular flexibility index (Phi) is 1.11. The molecule has 11 heavy (non-hydrogen) atoms. The van der Waals surface area contributed by atoms with Crippen molar-refractivity contribution < 1.29 is 9.72 Å². The van der Waals surface area contributed by atoms with Crippen LogP contribution in [0.1, 0.15) is 25.7 Å². The van der Waals surface area contributed by atoms with Crippen molar-refractivity contribution in [3.63, 3.8) is 0 Å². The van der Waals surface area contributed by atoms with E-state index >= 15 is 0 Å². The maximum atomic E-state index is 10.7. The molecule has 0 aromatic heterocycles. The lowest BCUT2D eigenvalue weighted by molar-refractivity contribution is -0.563. The largest absolute Gasteiger partial charge is 0.300 e. The van der Waals surface area contributed by atoms with Gasteiger partial charge < -0.3 is 0 Å². The van der Waals surface area contributed by atoms with Gasteiger partial charge in [-0.1, -0.05) is 0 Å². The van der Waals surface area contributed by atoms with Crippen LogP contribution >= 0.6 is 0 Å². The molecule has 2 saturated carbocycles. The molecule has 0 aromatic rings. The number of carbonyl (C=O) groups is 1. The Morgan fingerprint density at radius 3 is 2.45 bits per heavy atom. The molecule has 0 aromatic carbocycles. The second-order valence-corrected chi connectivity index (χ2v) is 3.59. The smallest absolute Gasteiger partial charge is 0.219 e. The second kappa shape index (κ2) is 1.81. The lowest BCUT2D eigenvalue weighted by atomic mass is 9.52. The summed E-state index contributed by atoms with van der Waals surface area (Å²) in [5, 5.41) is 10.4. The summed E-state index contributed by atoms with van der Waals surface area (Å²) in [5.41, 5.74) is -0.194. The van der Waals surface area contributed by atoms with E-state index in [9.17, 15) is 14.9 Å². The van der Waals surface area contributed by atoms with Crippen molar-refractivity contribution in [2.75, 3.05) is 0 Å². The van der Waals surface area contributed by atoms with Crippen LogP contribution in [0.2, 0.25) is 0 Å². The molecule has 0 amide bonds. The Balaban J connectivity index is 2.07. The third kappa shape index (κ3) is 0.721. The van der Waals surface area contributed by atoms with Crippen molar-refractivity contribution >= 4 is 5.78 Å². The fraction of sp³-hybridized carbons (Fsp3) is 0.857. The quantitative estimate of drug-likeness (QED) is 0.415. The number of ketones is 1. The summed E-state index contributed by atoms with van der Waals surface area (Å²) in [6.45, 7) is 0. The third-order valence-electron chi connectivity index (χ3n) is 2.98. The normalized spacial score (nSPS) is 32.7. The van der Waals surface area contributed by atoms with E-state index in [0.717, 1.165) is 6.42 Å². The first-order valence-corrected chi connectivity index (χ1v) is 3.79. The van der Waals surface area contributed by atoms with Crippen LogP contribution in [0, 0.1) is 15.5 Å². The topological polar surface area (TPSA) is 60.2 Å². The molecule has 1 atom stereocenters. The Morgan fingerprint density at radius 2 is 2.18 bits per heavy atom. The van der Waals surface area contributed by atoms with E-state index in [2.05, 4.69) is 0 Å². The van der Waals surface area contributed by atoms with Gasteiger partial charge in [-0.3, -0.25) is 14.9 Å². The average molecular weight is 155 g/mol. The van der Waals surface area contributed by atoms with Gasteiger partial charge in [0.1, 0.15) is 5.78 Å². The predicted octanol–water partition coefficient (Wildman–Crippen LogP) is 0.775. The van der Waals surface area contributed by atoms with Crippen LogP contribution in [0.3, 0.4) is 0 Å². The van der Waals surface area contributed by atoms with Crippen molar-refractivity contribution in [3.05, 3.63) is 10.1 Å². The first-order chi connectivity index (χ1) is 5.14. The van der Waals surface area contributed by atoms with Crippen molar-refractivity contribution in [2.24, 2.45) is 5.41 Å². The van der Waals surface area contributed by atoms with Crippen molar-refractivity contribution in [1.82, 2.24) is 0 Å². The van der Waals surface area contributed by atoms with Gasteiger partial charge in [0.25, 0.3) is 0 Å². The molecule has 2 rings (SSSR count). The van der Waals surface area contributed by atoms with Crippen LogP contribution in [0.4, 0.5) is 0 Å². The molecular formula is C7H9NO3. The molecule has 2 aliphatic rings. The molecule has 0 bridgehead atoms. The summed E-state index contributed by atoms with van der Waals surface area (Å²) in [6, 6.07) is -0.416. The maximum absolute atomic E-state index is 10.7. The SMILES string of the molecule is O=C1CC2(CCC2[N+](=O)[O-])C1. The van der Waals surface area contributed by atoms with E-state index in [0.29, 0.717) is 19.3 Å². The molecule has 60 valence electrons. The van der Waals surface area contributed by atoms with E-state index in [1.54, 1.807) is 0 Å². The summed E-state index contributed by atoms with van der Waals surface area (Å²) < 4.78 is 0. The molecule has 1 spiro atoms. The molecule has 0 radical (unpaired) electrons. The molecule has 1 unspecified atom stereocenters. The van der Waals surface area contributed by atoms with Gasteiger partial charge in [-0.15, -0.1) is 0 Å². The van der Waals surface area contributed by atoms with Gasteiger partial charge in [-0.05, 0) is 6.42 Å². The molecule has 4 heteroatoms. The van der Waals surface area contributed by atoms with Gasteiger partial charge >= 0.3 is 0 Å². The molecule has 2 fully saturated rings. The molecular weight excluding hydrogens is 146 g/mol. The van der Waals surface area contributed by atoms with E-state index in [1.807, 2.05) is 0 Å². The second-order valence-electron chi connectivity index (χ2n) is 3.59. The number of hydrogen-bond donors (Lipinski definition) is 0. The monoisotopic (exact) mass is 155 g/mol. The Morgan fingerprint density at radius 1 is 1.55 bits per heavy atom. The lowest BCUT2D eigenvalue weighted by Gasteiger charge is -2.48. The van der Waals surface area contributed by atoms with Gasteiger partial charge in [0.15, 0.2) is 0 Å². The van der Waals surface area contributed by atoms with Crippen molar-refractivity contribution in [3.8, 4) is 0 Å². The Hall–Kier alpha value is -0.930. The minimum absolute atomic E-state index is 0.191. The summed E-state index contributed by atoms with van der Waals surface area (Å²) in [4.78, 5) is 20.8. The number of Topliss-reactive ketones (excluding diaryl/α,β-unsaturated/α-hetero) is 1. The summed E-state index contributed by atoms with van der Waals surface area (Å²) in [6.07, 6.45) is 2.46. The van der Waals surface area contributed by atoms with Gasteiger partial charge in [0, 0.05) is 24.2 Å². The van der Waals surface area contributed by atoms with E-state index in [-0.39, 0.29) is 16.1 Å². The van der Waals surface area contributed by atoms with Crippen LogP contribution < -0.4 is 0 Å². The van der Waals surface area contributed by atoms with E-state index < -0.39 is 6.04 Å². The number of rotatable bonds is 1. The highest BCUT2D eigenvalue weighted by Gasteiger charge is 2.61. The number of nitrogens with zero attached hydrogens (tertiary/aromatic N) is 1. The lowest BCUT2D eigenvalue weighted by Crippen LogP contribution is -2.57. The Labute approximate surface area is 63.7 Å². The summed E-state index contributed by atoms with van der Waals surface area (Å²) in [5.74, 6) is 0.191. The van der Waals surface area contributed by atoms with Gasteiger partial charge in [0.05, 0.1) is 5.41 Å². The van der Waals surface area contributed by atoms with E-state index in [4.69, 9.17) is 0 Å². The molecule has 0 aliphatic heterocycles. The molecule has 4 nitrogen and oxygen atoms in total. The van der Waals surface area contributed by atoms with Gasteiger partial charge in [-0.25, -0.2) is 0 Å². The minimum atomic E-state index is -0.416. The number of hydrogen-bond acceptors (Lipinski definition) is 3. The zero-order chi connectivity index (χ0) is 8.06. The predicted molar refractivity (Wildman–Crippen MR) is 36.7 cm³/mol. The highest BCUT2D eigenvalue weighted by molar-refractivity contribution is 5.86. The van der Waals surface area contributed by atoms with Crippen molar-refractivity contribution in [2.45, 2.75) is 31.7 Å². The summed E-state index contributed by atoms with van der Waals surface area (Å²) >= 11 is 0. The molecule has 0 saturated heterocycles. The van der Waals surface area contributed by atoms with Crippen LogP contribution in [0.25, 0.3) is 0 Å². The zero-order valence-corrected chi connectivity index (χ0v) is 6.08. The van der Waals surface area contributed by atoms with Crippen LogP contribution in [0.5, 0.6) is 0 Å². The Bertz CT molecular complexity index is 228. The summed E-state index contributed by atoms with van der Waals surface area (Å²) in [7, 11) is 0. The third-order valence-corrected chi connectivity index (χ3v) is 2.98.